The van der Waals surface area contributed by atoms with E-state index in [0.717, 1.165) is 38.0 Å². The first-order valence-corrected chi connectivity index (χ1v) is 8.66. The molecule has 0 unspecified atom stereocenters. The monoisotopic (exact) mass is 350 g/mol. The zero-order chi connectivity index (χ0) is 16.7. The van der Waals surface area contributed by atoms with Crippen LogP contribution in [0.4, 0.5) is 4.39 Å². The fraction of sp³-hybridized carbons (Fsp3) is 0.529. The van der Waals surface area contributed by atoms with Crippen LogP contribution in [-0.2, 0) is 6.54 Å². The Hall–Kier alpha value is -1.50. The van der Waals surface area contributed by atoms with E-state index in [2.05, 4.69) is 15.0 Å². The molecule has 0 radical (unpaired) electrons. The molecule has 1 aromatic carbocycles. The van der Waals surface area contributed by atoms with Crippen molar-refractivity contribution in [3.8, 4) is 0 Å². The van der Waals surface area contributed by atoms with Crippen molar-refractivity contribution < 1.29 is 9.50 Å². The van der Waals surface area contributed by atoms with Crippen molar-refractivity contribution in [2.24, 2.45) is 11.8 Å². The number of nitrogens with zero attached hydrogens (tertiary/aromatic N) is 4. The molecule has 1 aliphatic carbocycles. The normalized spacial score (nSPS) is 30.5. The van der Waals surface area contributed by atoms with Gasteiger partial charge in [-0.1, -0.05) is 17.7 Å². The summed E-state index contributed by atoms with van der Waals surface area (Å²) >= 11 is 5.87. The van der Waals surface area contributed by atoms with E-state index in [1.165, 1.54) is 12.4 Å². The van der Waals surface area contributed by atoms with Gasteiger partial charge >= 0.3 is 0 Å². The highest BCUT2D eigenvalue weighted by atomic mass is 35.5. The maximum absolute atomic E-state index is 13.3. The van der Waals surface area contributed by atoms with Gasteiger partial charge < -0.3 is 5.11 Å². The molecule has 2 aromatic rings. The Kier molecular flexibility index (Phi) is 4.28. The molecule has 4 atom stereocenters. The molecular weight excluding hydrogens is 331 g/mol. The molecule has 7 heteroatoms. The van der Waals surface area contributed by atoms with Crippen LogP contribution in [0.15, 0.2) is 30.9 Å². The summed E-state index contributed by atoms with van der Waals surface area (Å²) in [5.74, 6) is 0.656. The van der Waals surface area contributed by atoms with Gasteiger partial charge in [0.2, 0.25) is 0 Å². The van der Waals surface area contributed by atoms with Crippen LogP contribution in [0.2, 0.25) is 5.02 Å². The highest BCUT2D eigenvalue weighted by molar-refractivity contribution is 6.30. The van der Waals surface area contributed by atoms with Gasteiger partial charge in [0.1, 0.15) is 18.5 Å². The number of benzene rings is 1. The molecule has 1 saturated heterocycles. The van der Waals surface area contributed by atoms with Gasteiger partial charge in [0.15, 0.2) is 0 Å². The van der Waals surface area contributed by atoms with Gasteiger partial charge in [-0.05, 0) is 42.4 Å². The first kappa shape index (κ1) is 16.0. The van der Waals surface area contributed by atoms with E-state index in [9.17, 15) is 9.50 Å². The van der Waals surface area contributed by atoms with E-state index < -0.39 is 0 Å². The third kappa shape index (κ3) is 3.06. The topological polar surface area (TPSA) is 54.2 Å². The molecule has 128 valence electrons. The molecule has 0 bridgehead atoms. The summed E-state index contributed by atoms with van der Waals surface area (Å²) in [6.45, 7) is 2.70. The molecule has 0 amide bonds. The van der Waals surface area contributed by atoms with Crippen LogP contribution in [0, 0.1) is 17.7 Å². The fourth-order valence-corrected chi connectivity index (χ4v) is 4.41. The molecule has 2 heterocycles. The van der Waals surface area contributed by atoms with E-state index >= 15 is 0 Å². The largest absolute Gasteiger partial charge is 0.391 e. The van der Waals surface area contributed by atoms with Crippen LogP contribution in [0.5, 0.6) is 0 Å². The average Bonchev–Trinajstić information content (AvgIpc) is 3.19. The molecule has 5 nitrogen and oxygen atoms in total. The lowest BCUT2D eigenvalue weighted by Gasteiger charge is -2.35. The number of fused-ring (bicyclic) bond motifs is 1. The Bertz CT molecular complexity index is 711. The molecule has 1 aromatic heterocycles. The molecule has 1 saturated carbocycles. The molecule has 24 heavy (non-hydrogen) atoms. The van der Waals surface area contributed by atoms with Crippen molar-refractivity contribution in [3.63, 3.8) is 0 Å². The minimum absolute atomic E-state index is 0.00830. The number of aliphatic hydroxyl groups excluding tert-OH is 1. The van der Waals surface area contributed by atoms with Gasteiger partial charge in [-0.3, -0.25) is 4.90 Å². The van der Waals surface area contributed by atoms with Crippen LogP contribution in [-0.4, -0.2) is 44.0 Å². The lowest BCUT2D eigenvalue weighted by molar-refractivity contribution is 0.0304. The van der Waals surface area contributed by atoms with Crippen LogP contribution in [0.3, 0.4) is 0 Å². The van der Waals surface area contributed by atoms with Crippen molar-refractivity contribution in [1.29, 1.82) is 0 Å². The number of aliphatic hydroxyl groups is 1. The summed E-state index contributed by atoms with van der Waals surface area (Å²) in [6.07, 6.45) is 4.51. The van der Waals surface area contributed by atoms with Gasteiger partial charge in [-0.25, -0.2) is 14.1 Å². The second-order valence-electron chi connectivity index (χ2n) is 6.94. The quantitative estimate of drug-likeness (QED) is 0.924. The minimum Gasteiger partial charge on any atom is -0.391 e. The Labute approximate surface area is 145 Å². The van der Waals surface area contributed by atoms with E-state index in [1.807, 2.05) is 0 Å². The third-order valence-corrected chi connectivity index (χ3v) is 5.64. The molecule has 4 rings (SSSR count). The number of hydrogen-bond donors (Lipinski definition) is 1. The van der Waals surface area contributed by atoms with Crippen molar-refractivity contribution in [2.75, 3.05) is 13.1 Å². The second kappa shape index (κ2) is 6.43. The lowest BCUT2D eigenvalue weighted by atomic mass is 9.77. The van der Waals surface area contributed by atoms with E-state index in [1.54, 1.807) is 23.1 Å². The van der Waals surface area contributed by atoms with Crippen LogP contribution >= 0.6 is 11.6 Å². The van der Waals surface area contributed by atoms with Crippen molar-refractivity contribution in [2.45, 2.75) is 31.5 Å². The first-order valence-electron chi connectivity index (χ1n) is 8.28. The summed E-state index contributed by atoms with van der Waals surface area (Å²) in [5, 5.41) is 14.8. The molecule has 2 aliphatic rings. The Balaban J connectivity index is 1.43. The van der Waals surface area contributed by atoms with Crippen LogP contribution in [0.25, 0.3) is 0 Å². The number of aromatic nitrogens is 3. The maximum Gasteiger partial charge on any atom is 0.141 e. The van der Waals surface area contributed by atoms with Crippen molar-refractivity contribution in [3.05, 3.63) is 47.3 Å². The average molecular weight is 351 g/mol. The van der Waals surface area contributed by atoms with E-state index in [4.69, 9.17) is 11.6 Å². The zero-order valence-electron chi connectivity index (χ0n) is 13.2. The Morgan fingerprint density at radius 1 is 1.25 bits per heavy atom. The Morgan fingerprint density at radius 3 is 2.75 bits per heavy atom. The number of likely N-dealkylation sites (tertiary alicyclic amines) is 1. The summed E-state index contributed by atoms with van der Waals surface area (Å²) < 4.78 is 15.1. The number of hydrogen-bond acceptors (Lipinski definition) is 4. The van der Waals surface area contributed by atoms with Crippen molar-refractivity contribution >= 4 is 11.6 Å². The summed E-state index contributed by atoms with van der Waals surface area (Å²) in [6, 6.07) is 4.92. The van der Waals surface area contributed by atoms with Gasteiger partial charge in [-0.2, -0.15) is 5.10 Å². The molecular formula is C17H20ClFN4O. The lowest BCUT2D eigenvalue weighted by Crippen LogP contribution is -2.36. The highest BCUT2D eigenvalue weighted by Crippen LogP contribution is 2.41. The maximum atomic E-state index is 13.3. The van der Waals surface area contributed by atoms with Gasteiger partial charge in [0, 0.05) is 19.6 Å². The van der Waals surface area contributed by atoms with Gasteiger partial charge in [0.05, 0.1) is 17.2 Å². The summed E-state index contributed by atoms with van der Waals surface area (Å²) in [4.78, 5) is 6.36. The van der Waals surface area contributed by atoms with Crippen molar-refractivity contribution in [1.82, 2.24) is 19.7 Å². The summed E-state index contributed by atoms with van der Waals surface area (Å²) in [7, 11) is 0. The molecule has 1 aliphatic heterocycles. The van der Waals surface area contributed by atoms with E-state index in [0.29, 0.717) is 11.8 Å². The SMILES string of the molecule is O[C@@H]1C[C@H]2CN(Cc3ccc(F)c(Cl)c3)C[C@H]2C[C@H]1n1cncn1. The Morgan fingerprint density at radius 2 is 2.04 bits per heavy atom. The molecule has 1 N–H and O–H groups in total. The standard InChI is InChI=1S/C17H20ClFN4O/c18-14-3-11(1-2-15(14)19)6-22-7-12-4-16(23-10-20-9-21-23)17(24)5-13(12)8-22/h1-3,9-10,12-13,16-17,24H,4-8H2/t12-,13+,16-,17-/m1/s1. The number of halogens is 2. The predicted octanol–water partition coefficient (Wildman–Crippen LogP) is 2.51. The third-order valence-electron chi connectivity index (χ3n) is 5.35. The molecule has 2 fully saturated rings. The summed E-state index contributed by atoms with van der Waals surface area (Å²) in [5.41, 5.74) is 1.02. The van der Waals surface area contributed by atoms with Gasteiger partial charge in [-0.15, -0.1) is 0 Å². The first-order chi connectivity index (χ1) is 11.6. The van der Waals surface area contributed by atoms with Crippen LogP contribution in [0.1, 0.15) is 24.4 Å². The predicted molar refractivity (Wildman–Crippen MR) is 88.0 cm³/mol. The second-order valence-corrected chi connectivity index (χ2v) is 7.35. The zero-order valence-corrected chi connectivity index (χ0v) is 14.0. The molecule has 0 spiro atoms. The fourth-order valence-electron chi connectivity index (χ4n) is 4.20. The smallest absolute Gasteiger partial charge is 0.141 e. The van der Waals surface area contributed by atoms with Gasteiger partial charge in [0.25, 0.3) is 0 Å². The minimum atomic E-state index is -0.381. The highest BCUT2D eigenvalue weighted by Gasteiger charge is 2.42. The number of rotatable bonds is 3. The van der Waals surface area contributed by atoms with E-state index in [-0.39, 0.29) is 23.0 Å². The van der Waals surface area contributed by atoms with Crippen LogP contribution < -0.4 is 0 Å².